The molecule has 1 rings (SSSR count). The summed E-state index contributed by atoms with van der Waals surface area (Å²) >= 11 is 0. The van der Waals surface area contributed by atoms with Crippen molar-refractivity contribution in [2.75, 3.05) is 13.6 Å². The predicted molar refractivity (Wildman–Crippen MR) is 59.5 cm³/mol. The molecule has 0 amide bonds. The quantitative estimate of drug-likeness (QED) is 0.794. The van der Waals surface area contributed by atoms with Crippen molar-refractivity contribution < 1.29 is 5.11 Å². The van der Waals surface area contributed by atoms with Crippen LogP contribution >= 0.6 is 0 Å². The van der Waals surface area contributed by atoms with Gasteiger partial charge in [-0.3, -0.25) is 0 Å². The standard InChI is InChI=1S/C12H19NO/c1-4-8-13(3)9-11-7-5-6-10(2)12(11)14/h5-7,14H,4,8-9H2,1-3H3. The van der Waals surface area contributed by atoms with Gasteiger partial charge in [0.25, 0.3) is 0 Å². The van der Waals surface area contributed by atoms with Crippen molar-refractivity contribution in [3.63, 3.8) is 0 Å². The number of hydrogen-bond acceptors (Lipinski definition) is 2. The average molecular weight is 193 g/mol. The Morgan fingerprint density at radius 1 is 1.36 bits per heavy atom. The molecule has 0 fully saturated rings. The number of phenols is 1. The van der Waals surface area contributed by atoms with Crippen molar-refractivity contribution in [1.29, 1.82) is 0 Å². The molecule has 0 aliphatic heterocycles. The van der Waals surface area contributed by atoms with Gasteiger partial charge in [-0.15, -0.1) is 0 Å². The largest absolute Gasteiger partial charge is 0.507 e. The van der Waals surface area contributed by atoms with Gasteiger partial charge in [-0.1, -0.05) is 25.1 Å². The highest BCUT2D eigenvalue weighted by Crippen LogP contribution is 2.22. The molecule has 1 aromatic carbocycles. The molecule has 1 aromatic rings. The third kappa shape index (κ3) is 2.74. The van der Waals surface area contributed by atoms with E-state index < -0.39 is 0 Å². The van der Waals surface area contributed by atoms with Gasteiger partial charge in [-0.05, 0) is 32.5 Å². The highest BCUT2D eigenvalue weighted by Gasteiger charge is 2.05. The first kappa shape index (κ1) is 11.1. The summed E-state index contributed by atoms with van der Waals surface area (Å²) in [4.78, 5) is 2.22. The zero-order valence-electron chi connectivity index (χ0n) is 9.25. The van der Waals surface area contributed by atoms with Crippen LogP contribution in [0.5, 0.6) is 5.75 Å². The highest BCUT2D eigenvalue weighted by atomic mass is 16.3. The number of phenolic OH excluding ortho intramolecular Hbond substituents is 1. The van der Waals surface area contributed by atoms with Crippen molar-refractivity contribution in [3.8, 4) is 5.75 Å². The Bertz CT molecular complexity index is 296. The fourth-order valence-electron chi connectivity index (χ4n) is 1.60. The first-order valence-corrected chi connectivity index (χ1v) is 5.11. The molecule has 0 aliphatic rings. The van der Waals surface area contributed by atoms with Gasteiger partial charge in [0.2, 0.25) is 0 Å². The van der Waals surface area contributed by atoms with E-state index in [4.69, 9.17) is 0 Å². The molecule has 78 valence electrons. The van der Waals surface area contributed by atoms with E-state index >= 15 is 0 Å². The van der Waals surface area contributed by atoms with Crippen LogP contribution < -0.4 is 0 Å². The van der Waals surface area contributed by atoms with Gasteiger partial charge < -0.3 is 10.0 Å². The Morgan fingerprint density at radius 2 is 2.07 bits per heavy atom. The molecule has 1 N–H and O–H groups in total. The lowest BCUT2D eigenvalue weighted by Gasteiger charge is -2.16. The van der Waals surface area contributed by atoms with Crippen LogP contribution in [0, 0.1) is 6.92 Å². The van der Waals surface area contributed by atoms with E-state index in [-0.39, 0.29) is 0 Å². The van der Waals surface area contributed by atoms with Gasteiger partial charge >= 0.3 is 0 Å². The predicted octanol–water partition coefficient (Wildman–Crippen LogP) is 2.54. The lowest BCUT2D eigenvalue weighted by molar-refractivity contribution is 0.320. The summed E-state index contributed by atoms with van der Waals surface area (Å²) in [7, 11) is 2.07. The molecule has 0 atom stereocenters. The summed E-state index contributed by atoms with van der Waals surface area (Å²) in [6.45, 7) is 5.97. The molecule has 0 saturated carbocycles. The van der Waals surface area contributed by atoms with Crippen LogP contribution in [0.1, 0.15) is 24.5 Å². The second kappa shape index (κ2) is 5.01. The first-order chi connectivity index (χ1) is 6.65. The van der Waals surface area contributed by atoms with Gasteiger partial charge in [0.05, 0.1) is 0 Å². The molecule has 0 aliphatic carbocycles. The van der Waals surface area contributed by atoms with Gasteiger partial charge in [-0.2, -0.15) is 0 Å². The zero-order valence-corrected chi connectivity index (χ0v) is 9.25. The van der Waals surface area contributed by atoms with Crippen molar-refractivity contribution in [3.05, 3.63) is 29.3 Å². The van der Waals surface area contributed by atoms with Crippen molar-refractivity contribution in [2.45, 2.75) is 26.8 Å². The summed E-state index contributed by atoms with van der Waals surface area (Å²) in [5, 5.41) is 9.79. The number of aryl methyl sites for hydroxylation is 1. The van der Waals surface area contributed by atoms with Crippen molar-refractivity contribution in [2.24, 2.45) is 0 Å². The number of aromatic hydroxyl groups is 1. The summed E-state index contributed by atoms with van der Waals surface area (Å²) in [5.41, 5.74) is 1.97. The molecule has 0 radical (unpaired) electrons. The molecule has 0 saturated heterocycles. The fraction of sp³-hybridized carbons (Fsp3) is 0.500. The lowest BCUT2D eigenvalue weighted by Crippen LogP contribution is -2.18. The molecular formula is C12H19NO. The summed E-state index contributed by atoms with van der Waals surface area (Å²) in [6, 6.07) is 5.90. The lowest BCUT2D eigenvalue weighted by atomic mass is 10.1. The van der Waals surface area contributed by atoms with E-state index in [2.05, 4.69) is 18.9 Å². The maximum atomic E-state index is 9.79. The third-order valence-electron chi connectivity index (χ3n) is 2.37. The summed E-state index contributed by atoms with van der Waals surface area (Å²) in [6.07, 6.45) is 1.14. The van der Waals surface area contributed by atoms with Crippen LogP contribution in [-0.2, 0) is 6.54 Å². The number of nitrogens with zero attached hydrogens (tertiary/aromatic N) is 1. The van der Waals surface area contributed by atoms with E-state index in [9.17, 15) is 5.11 Å². The number of para-hydroxylation sites is 1. The monoisotopic (exact) mass is 193 g/mol. The van der Waals surface area contributed by atoms with Crippen LogP contribution in [0.3, 0.4) is 0 Å². The minimum atomic E-state index is 0.440. The normalized spacial score (nSPS) is 10.9. The maximum Gasteiger partial charge on any atom is 0.122 e. The molecule has 2 nitrogen and oxygen atoms in total. The van der Waals surface area contributed by atoms with Crippen LogP contribution in [0.15, 0.2) is 18.2 Å². The zero-order chi connectivity index (χ0) is 10.6. The summed E-state index contributed by atoms with van der Waals surface area (Å²) < 4.78 is 0. The molecule has 0 spiro atoms. The number of rotatable bonds is 4. The topological polar surface area (TPSA) is 23.5 Å². The second-order valence-corrected chi connectivity index (χ2v) is 3.82. The van der Waals surface area contributed by atoms with Crippen LogP contribution in [0.4, 0.5) is 0 Å². The molecule has 0 unspecified atom stereocenters. The highest BCUT2D eigenvalue weighted by molar-refractivity contribution is 5.39. The average Bonchev–Trinajstić information content (AvgIpc) is 2.13. The van der Waals surface area contributed by atoms with Crippen LogP contribution in [0.2, 0.25) is 0 Å². The molecule has 0 aromatic heterocycles. The van der Waals surface area contributed by atoms with E-state index in [1.165, 1.54) is 0 Å². The molecule has 2 heteroatoms. The first-order valence-electron chi connectivity index (χ1n) is 5.11. The minimum Gasteiger partial charge on any atom is -0.507 e. The van der Waals surface area contributed by atoms with E-state index in [1.807, 2.05) is 25.1 Å². The molecule has 0 bridgehead atoms. The van der Waals surface area contributed by atoms with Crippen molar-refractivity contribution >= 4 is 0 Å². The Hall–Kier alpha value is -1.02. The van der Waals surface area contributed by atoms with Crippen molar-refractivity contribution in [1.82, 2.24) is 4.90 Å². The molecule has 0 heterocycles. The summed E-state index contributed by atoms with van der Waals surface area (Å²) in [5.74, 6) is 0.440. The Labute approximate surface area is 86.2 Å². The Morgan fingerprint density at radius 3 is 2.71 bits per heavy atom. The SMILES string of the molecule is CCCN(C)Cc1cccc(C)c1O. The van der Waals surface area contributed by atoms with Gasteiger partial charge in [0.1, 0.15) is 5.75 Å². The van der Waals surface area contributed by atoms with E-state index in [1.54, 1.807) is 0 Å². The van der Waals surface area contributed by atoms with Crippen LogP contribution in [0.25, 0.3) is 0 Å². The van der Waals surface area contributed by atoms with Gasteiger partial charge in [0, 0.05) is 12.1 Å². The smallest absolute Gasteiger partial charge is 0.122 e. The molecule has 14 heavy (non-hydrogen) atoms. The van der Waals surface area contributed by atoms with Gasteiger partial charge in [0.15, 0.2) is 0 Å². The Balaban J connectivity index is 2.71. The second-order valence-electron chi connectivity index (χ2n) is 3.82. The third-order valence-corrected chi connectivity index (χ3v) is 2.37. The fourth-order valence-corrected chi connectivity index (χ4v) is 1.60. The number of hydrogen-bond donors (Lipinski definition) is 1. The van der Waals surface area contributed by atoms with E-state index in [0.29, 0.717) is 5.75 Å². The van der Waals surface area contributed by atoms with E-state index in [0.717, 1.165) is 30.6 Å². The minimum absolute atomic E-state index is 0.440. The van der Waals surface area contributed by atoms with Crippen LogP contribution in [-0.4, -0.2) is 23.6 Å². The number of benzene rings is 1. The maximum absolute atomic E-state index is 9.79. The Kier molecular flexibility index (Phi) is 3.96. The van der Waals surface area contributed by atoms with Gasteiger partial charge in [-0.25, -0.2) is 0 Å². The molecular weight excluding hydrogens is 174 g/mol.